The van der Waals surface area contributed by atoms with E-state index in [4.69, 9.17) is 21.1 Å². The Bertz CT molecular complexity index is 365. The molecule has 1 atom stereocenters. The van der Waals surface area contributed by atoms with Crippen molar-refractivity contribution < 1.29 is 19.5 Å². The lowest BCUT2D eigenvalue weighted by molar-refractivity contribution is -0.911. The van der Waals surface area contributed by atoms with Gasteiger partial charge in [0.15, 0.2) is 0 Å². The number of morpholine rings is 1. The highest BCUT2D eigenvalue weighted by Crippen LogP contribution is 2.10. The summed E-state index contributed by atoms with van der Waals surface area (Å²) in [4.78, 5) is 1.38. The first-order chi connectivity index (χ1) is 9.24. The molecule has 0 unspecified atom stereocenters. The number of rotatable bonds is 6. The molecule has 2 rings (SSSR count). The lowest BCUT2D eigenvalue weighted by Gasteiger charge is -2.25. The fraction of sp³-hybridized carbons (Fsp3) is 0.571. The van der Waals surface area contributed by atoms with Gasteiger partial charge in [0, 0.05) is 5.02 Å². The van der Waals surface area contributed by atoms with E-state index in [1.165, 1.54) is 4.90 Å². The van der Waals surface area contributed by atoms with E-state index in [-0.39, 0.29) is 0 Å². The summed E-state index contributed by atoms with van der Waals surface area (Å²) in [5, 5.41) is 10.6. The Labute approximate surface area is 118 Å². The van der Waals surface area contributed by atoms with Gasteiger partial charge >= 0.3 is 0 Å². The average molecular weight is 287 g/mol. The molecule has 1 aliphatic rings. The van der Waals surface area contributed by atoms with Crippen LogP contribution in [0.5, 0.6) is 0 Å². The minimum Gasteiger partial charge on any atom is -0.385 e. The van der Waals surface area contributed by atoms with Gasteiger partial charge in [-0.1, -0.05) is 23.7 Å². The number of aliphatic hydroxyl groups excluding tert-OH is 1. The molecule has 19 heavy (non-hydrogen) atoms. The Morgan fingerprint density at radius 2 is 1.95 bits per heavy atom. The van der Waals surface area contributed by atoms with Crippen LogP contribution in [0.15, 0.2) is 24.3 Å². The number of nitrogens with one attached hydrogen (secondary N) is 1. The highest BCUT2D eigenvalue weighted by molar-refractivity contribution is 6.30. The fourth-order valence-electron chi connectivity index (χ4n) is 2.15. The number of hydrogen-bond acceptors (Lipinski definition) is 3. The Balaban J connectivity index is 1.63. The molecule has 1 heterocycles. The summed E-state index contributed by atoms with van der Waals surface area (Å²) in [7, 11) is 0. The standard InChI is InChI=1S/C14H20ClNO3/c15-13-3-1-12(2-4-13)10-19-11-14(17)9-16-5-7-18-8-6-16/h1-4,14,17H,5-11H2/p+1/t14-/m1/s1. The normalized spacial score (nSPS) is 18.4. The van der Waals surface area contributed by atoms with Crippen molar-refractivity contribution in [2.75, 3.05) is 39.5 Å². The predicted octanol–water partition coefficient (Wildman–Crippen LogP) is 0.133. The van der Waals surface area contributed by atoms with Crippen LogP contribution >= 0.6 is 11.6 Å². The second-order valence-corrected chi connectivity index (χ2v) is 5.30. The van der Waals surface area contributed by atoms with Gasteiger partial charge in [0.1, 0.15) is 25.7 Å². The van der Waals surface area contributed by atoms with E-state index in [0.717, 1.165) is 43.4 Å². The zero-order valence-electron chi connectivity index (χ0n) is 11.0. The molecule has 0 spiro atoms. The van der Waals surface area contributed by atoms with Crippen molar-refractivity contribution in [2.24, 2.45) is 0 Å². The smallest absolute Gasteiger partial charge is 0.126 e. The lowest BCUT2D eigenvalue weighted by atomic mass is 10.2. The molecule has 1 saturated heterocycles. The van der Waals surface area contributed by atoms with Crippen LogP contribution in [0, 0.1) is 0 Å². The van der Waals surface area contributed by atoms with Gasteiger partial charge in [-0.3, -0.25) is 0 Å². The van der Waals surface area contributed by atoms with Gasteiger partial charge < -0.3 is 19.5 Å². The van der Waals surface area contributed by atoms with Gasteiger partial charge in [-0.15, -0.1) is 0 Å². The third kappa shape index (κ3) is 5.47. The van der Waals surface area contributed by atoms with Crippen molar-refractivity contribution >= 4 is 11.6 Å². The molecule has 0 amide bonds. The summed E-state index contributed by atoms with van der Waals surface area (Å²) < 4.78 is 10.8. The first kappa shape index (κ1) is 14.8. The van der Waals surface area contributed by atoms with E-state index in [0.29, 0.717) is 13.2 Å². The zero-order chi connectivity index (χ0) is 13.5. The highest BCUT2D eigenvalue weighted by Gasteiger charge is 2.18. The zero-order valence-corrected chi connectivity index (χ0v) is 11.7. The molecule has 0 aromatic heterocycles. The summed E-state index contributed by atoms with van der Waals surface area (Å²) in [6.07, 6.45) is -0.416. The predicted molar refractivity (Wildman–Crippen MR) is 73.5 cm³/mol. The van der Waals surface area contributed by atoms with Crippen LogP contribution in [0.4, 0.5) is 0 Å². The van der Waals surface area contributed by atoms with E-state index in [2.05, 4.69) is 0 Å². The van der Waals surface area contributed by atoms with Crippen molar-refractivity contribution in [2.45, 2.75) is 12.7 Å². The maximum Gasteiger partial charge on any atom is 0.126 e. The largest absolute Gasteiger partial charge is 0.385 e. The van der Waals surface area contributed by atoms with Gasteiger partial charge in [0.25, 0.3) is 0 Å². The molecular formula is C14H21ClNO3+. The molecular weight excluding hydrogens is 266 g/mol. The monoisotopic (exact) mass is 286 g/mol. The van der Waals surface area contributed by atoms with Crippen molar-refractivity contribution in [3.63, 3.8) is 0 Å². The van der Waals surface area contributed by atoms with E-state index < -0.39 is 6.10 Å². The fourth-order valence-corrected chi connectivity index (χ4v) is 2.28. The van der Waals surface area contributed by atoms with Gasteiger partial charge in [-0.2, -0.15) is 0 Å². The van der Waals surface area contributed by atoms with Crippen molar-refractivity contribution in [3.8, 4) is 0 Å². The van der Waals surface area contributed by atoms with Crippen LogP contribution in [0.25, 0.3) is 0 Å². The third-order valence-corrected chi connectivity index (χ3v) is 3.47. The number of aliphatic hydroxyl groups is 1. The first-order valence-corrected chi connectivity index (χ1v) is 7.03. The molecule has 106 valence electrons. The quantitative estimate of drug-likeness (QED) is 0.781. The van der Waals surface area contributed by atoms with Gasteiger partial charge in [-0.25, -0.2) is 0 Å². The van der Waals surface area contributed by atoms with Gasteiger partial charge in [0.05, 0.1) is 26.4 Å². The Kier molecular flexibility index (Phi) is 6.07. The van der Waals surface area contributed by atoms with E-state index in [1.807, 2.05) is 24.3 Å². The SMILES string of the molecule is O[C@@H](COCc1ccc(Cl)cc1)C[NH+]1CCOCC1. The minimum atomic E-state index is -0.416. The maximum absolute atomic E-state index is 9.92. The van der Waals surface area contributed by atoms with Crippen LogP contribution < -0.4 is 4.90 Å². The molecule has 0 saturated carbocycles. The van der Waals surface area contributed by atoms with Crippen LogP contribution in [0.1, 0.15) is 5.56 Å². The summed E-state index contributed by atoms with van der Waals surface area (Å²) in [5.41, 5.74) is 1.07. The van der Waals surface area contributed by atoms with E-state index in [1.54, 1.807) is 0 Å². The maximum atomic E-state index is 9.92. The average Bonchev–Trinajstić information content (AvgIpc) is 2.42. The van der Waals surface area contributed by atoms with Crippen molar-refractivity contribution in [1.82, 2.24) is 0 Å². The van der Waals surface area contributed by atoms with Crippen molar-refractivity contribution in [3.05, 3.63) is 34.9 Å². The molecule has 4 nitrogen and oxygen atoms in total. The number of quaternary nitrogens is 1. The summed E-state index contributed by atoms with van der Waals surface area (Å²) in [5.74, 6) is 0. The van der Waals surface area contributed by atoms with Crippen LogP contribution in [-0.4, -0.2) is 50.7 Å². The first-order valence-electron chi connectivity index (χ1n) is 6.65. The molecule has 1 fully saturated rings. The van der Waals surface area contributed by atoms with E-state index >= 15 is 0 Å². The van der Waals surface area contributed by atoms with Gasteiger partial charge in [0.2, 0.25) is 0 Å². The number of benzene rings is 1. The summed E-state index contributed by atoms with van der Waals surface area (Å²) in [6.45, 7) is 5.10. The highest BCUT2D eigenvalue weighted by atomic mass is 35.5. The second-order valence-electron chi connectivity index (χ2n) is 4.86. The van der Waals surface area contributed by atoms with E-state index in [9.17, 15) is 5.11 Å². The van der Waals surface area contributed by atoms with Crippen LogP contribution in [-0.2, 0) is 16.1 Å². The molecule has 0 bridgehead atoms. The molecule has 1 aliphatic heterocycles. The lowest BCUT2D eigenvalue weighted by Crippen LogP contribution is -3.15. The molecule has 5 heteroatoms. The second kappa shape index (κ2) is 7.82. The minimum absolute atomic E-state index is 0.368. The summed E-state index contributed by atoms with van der Waals surface area (Å²) in [6, 6.07) is 7.55. The molecule has 1 aromatic rings. The van der Waals surface area contributed by atoms with Crippen molar-refractivity contribution in [1.29, 1.82) is 0 Å². The molecule has 0 radical (unpaired) electrons. The number of halogens is 1. The topological polar surface area (TPSA) is 43.1 Å². The Morgan fingerprint density at radius 3 is 2.63 bits per heavy atom. The molecule has 2 N–H and O–H groups in total. The Hall–Kier alpha value is -0.650. The van der Waals surface area contributed by atoms with Crippen LogP contribution in [0.3, 0.4) is 0 Å². The third-order valence-electron chi connectivity index (χ3n) is 3.22. The molecule has 1 aromatic carbocycles. The summed E-state index contributed by atoms with van der Waals surface area (Å²) >= 11 is 5.81. The van der Waals surface area contributed by atoms with Gasteiger partial charge in [-0.05, 0) is 17.7 Å². The molecule has 0 aliphatic carbocycles. The number of hydrogen-bond donors (Lipinski definition) is 2. The Morgan fingerprint density at radius 1 is 1.26 bits per heavy atom. The number of ether oxygens (including phenoxy) is 2. The van der Waals surface area contributed by atoms with Crippen LogP contribution in [0.2, 0.25) is 5.02 Å².